The third-order valence-corrected chi connectivity index (χ3v) is 6.29. The number of nitrogens with zero attached hydrogens (tertiary/aromatic N) is 2. The van der Waals surface area contributed by atoms with Crippen LogP contribution in [0.1, 0.15) is 50.7 Å². The van der Waals surface area contributed by atoms with Crippen molar-refractivity contribution in [3.8, 4) is 5.75 Å². The molecule has 6 nitrogen and oxygen atoms in total. The summed E-state index contributed by atoms with van der Waals surface area (Å²) in [4.78, 5) is 7.02. The first-order chi connectivity index (χ1) is 14.5. The van der Waals surface area contributed by atoms with E-state index < -0.39 is 0 Å². The van der Waals surface area contributed by atoms with E-state index in [1.807, 2.05) is 7.05 Å². The summed E-state index contributed by atoms with van der Waals surface area (Å²) in [7, 11) is 1.83. The number of guanidine groups is 1. The van der Waals surface area contributed by atoms with Crippen LogP contribution in [0.4, 0.5) is 0 Å². The second-order valence-electron chi connectivity index (χ2n) is 9.29. The maximum absolute atomic E-state index is 6.17. The largest absolute Gasteiger partial charge is 0.493 e. The minimum atomic E-state index is 0.111. The summed E-state index contributed by atoms with van der Waals surface area (Å²) in [6.07, 6.45) is 5.06. The van der Waals surface area contributed by atoms with Crippen molar-refractivity contribution < 1.29 is 9.47 Å². The number of likely N-dealkylation sites (tertiary alicyclic amines) is 1. The van der Waals surface area contributed by atoms with Gasteiger partial charge in [-0.05, 0) is 64.8 Å². The predicted octanol–water partition coefficient (Wildman–Crippen LogP) is 3.34. The molecule has 30 heavy (non-hydrogen) atoms. The molecule has 168 valence electrons. The van der Waals surface area contributed by atoms with E-state index in [1.165, 1.54) is 37.9 Å². The van der Waals surface area contributed by atoms with E-state index in [-0.39, 0.29) is 5.54 Å². The maximum atomic E-state index is 6.17. The first-order valence-electron chi connectivity index (χ1n) is 11.5. The van der Waals surface area contributed by atoms with Crippen LogP contribution in [0.5, 0.6) is 5.75 Å². The van der Waals surface area contributed by atoms with Crippen LogP contribution in [0, 0.1) is 12.8 Å². The van der Waals surface area contributed by atoms with E-state index in [2.05, 4.69) is 59.5 Å². The SMILES string of the molecule is CN=C(NCc1ccc(C)cc1OCC1CCOC1)NCC(C)(C)N1CCCCC1. The van der Waals surface area contributed by atoms with Crippen LogP contribution >= 0.6 is 0 Å². The van der Waals surface area contributed by atoms with Gasteiger partial charge in [0.2, 0.25) is 0 Å². The van der Waals surface area contributed by atoms with Gasteiger partial charge in [-0.15, -0.1) is 0 Å². The zero-order valence-electron chi connectivity index (χ0n) is 19.3. The normalized spacial score (nSPS) is 20.9. The first kappa shape index (κ1) is 22.9. The maximum Gasteiger partial charge on any atom is 0.191 e. The van der Waals surface area contributed by atoms with Crippen molar-refractivity contribution in [2.24, 2.45) is 10.9 Å². The van der Waals surface area contributed by atoms with E-state index in [0.29, 0.717) is 19.1 Å². The van der Waals surface area contributed by atoms with Gasteiger partial charge in [0.15, 0.2) is 5.96 Å². The van der Waals surface area contributed by atoms with Crippen molar-refractivity contribution in [3.63, 3.8) is 0 Å². The van der Waals surface area contributed by atoms with Crippen molar-refractivity contribution >= 4 is 5.96 Å². The molecule has 0 bridgehead atoms. The highest BCUT2D eigenvalue weighted by atomic mass is 16.5. The first-order valence-corrected chi connectivity index (χ1v) is 11.5. The summed E-state index contributed by atoms with van der Waals surface area (Å²) >= 11 is 0. The van der Waals surface area contributed by atoms with Gasteiger partial charge >= 0.3 is 0 Å². The molecular weight excluding hydrogens is 376 g/mol. The lowest BCUT2D eigenvalue weighted by atomic mass is 9.98. The van der Waals surface area contributed by atoms with Gasteiger partial charge in [0.1, 0.15) is 5.75 Å². The number of hydrogen-bond donors (Lipinski definition) is 2. The van der Waals surface area contributed by atoms with Crippen LogP contribution in [-0.4, -0.2) is 62.9 Å². The van der Waals surface area contributed by atoms with Crippen LogP contribution in [-0.2, 0) is 11.3 Å². The Kier molecular flexibility index (Phi) is 8.40. The zero-order valence-corrected chi connectivity index (χ0v) is 19.3. The van der Waals surface area contributed by atoms with E-state index in [1.54, 1.807) is 0 Å². The molecule has 1 unspecified atom stereocenters. The Morgan fingerprint density at radius 2 is 2.03 bits per heavy atom. The molecule has 1 atom stereocenters. The third-order valence-electron chi connectivity index (χ3n) is 6.29. The number of benzene rings is 1. The number of ether oxygens (including phenoxy) is 2. The molecule has 2 saturated heterocycles. The molecule has 0 saturated carbocycles. The highest BCUT2D eigenvalue weighted by Gasteiger charge is 2.28. The molecule has 0 radical (unpaired) electrons. The van der Waals surface area contributed by atoms with E-state index in [0.717, 1.165) is 43.5 Å². The Balaban J connectivity index is 1.52. The smallest absolute Gasteiger partial charge is 0.191 e. The number of piperidine rings is 1. The average molecular weight is 417 g/mol. The van der Waals surface area contributed by atoms with Crippen LogP contribution in [0.3, 0.4) is 0 Å². The second-order valence-corrected chi connectivity index (χ2v) is 9.29. The Labute approximate surface area is 182 Å². The van der Waals surface area contributed by atoms with Crippen LogP contribution < -0.4 is 15.4 Å². The van der Waals surface area contributed by atoms with E-state index in [9.17, 15) is 0 Å². The lowest BCUT2D eigenvalue weighted by Crippen LogP contribution is -2.54. The average Bonchev–Trinajstić information content (AvgIpc) is 3.27. The fourth-order valence-electron chi connectivity index (χ4n) is 4.18. The molecule has 2 aliphatic rings. The standard InChI is InChI=1S/C24H40N4O2/c1-19-8-9-21(22(14-19)30-17-20-10-13-29-16-20)15-26-23(25-4)27-18-24(2,3)28-11-6-5-7-12-28/h8-9,14,20H,5-7,10-13,15-18H2,1-4H3,(H2,25,26,27). The van der Waals surface area contributed by atoms with Gasteiger partial charge in [-0.2, -0.15) is 0 Å². The Morgan fingerprint density at radius 1 is 1.23 bits per heavy atom. The number of aliphatic imine (C=N–C) groups is 1. The third kappa shape index (κ3) is 6.61. The molecular formula is C24H40N4O2. The molecule has 0 amide bonds. The lowest BCUT2D eigenvalue weighted by molar-refractivity contribution is 0.0982. The lowest BCUT2D eigenvalue weighted by Gasteiger charge is -2.41. The summed E-state index contributed by atoms with van der Waals surface area (Å²) in [5.41, 5.74) is 2.47. The quantitative estimate of drug-likeness (QED) is 0.503. The fourth-order valence-corrected chi connectivity index (χ4v) is 4.18. The number of hydrogen-bond acceptors (Lipinski definition) is 4. The van der Waals surface area contributed by atoms with Gasteiger partial charge in [0.05, 0.1) is 13.2 Å². The fraction of sp³-hybridized carbons (Fsp3) is 0.708. The van der Waals surface area contributed by atoms with Crippen molar-refractivity contribution in [2.45, 2.75) is 58.5 Å². The molecule has 1 aromatic rings. The predicted molar refractivity (Wildman–Crippen MR) is 123 cm³/mol. The molecule has 0 aliphatic carbocycles. The Bertz CT molecular complexity index is 692. The summed E-state index contributed by atoms with van der Waals surface area (Å²) in [6.45, 7) is 13.0. The van der Waals surface area contributed by atoms with Crippen molar-refractivity contribution in [1.29, 1.82) is 0 Å². The van der Waals surface area contributed by atoms with Gasteiger partial charge in [-0.1, -0.05) is 18.6 Å². The monoisotopic (exact) mass is 416 g/mol. The summed E-state index contributed by atoms with van der Waals surface area (Å²) < 4.78 is 11.6. The summed E-state index contributed by atoms with van der Waals surface area (Å²) in [5.74, 6) is 2.28. The van der Waals surface area contributed by atoms with E-state index in [4.69, 9.17) is 9.47 Å². The van der Waals surface area contributed by atoms with Crippen molar-refractivity contribution in [1.82, 2.24) is 15.5 Å². The number of nitrogens with one attached hydrogen (secondary N) is 2. The zero-order chi connectivity index (χ0) is 21.4. The molecule has 2 fully saturated rings. The van der Waals surface area contributed by atoms with Crippen LogP contribution in [0.2, 0.25) is 0 Å². The number of aryl methyl sites for hydroxylation is 1. The molecule has 6 heteroatoms. The van der Waals surface area contributed by atoms with Gasteiger partial charge in [-0.25, -0.2) is 0 Å². The molecule has 2 aliphatic heterocycles. The van der Waals surface area contributed by atoms with Crippen molar-refractivity contribution in [2.75, 3.05) is 46.5 Å². The molecule has 2 N–H and O–H groups in total. The van der Waals surface area contributed by atoms with E-state index >= 15 is 0 Å². The molecule has 3 rings (SSSR count). The molecule has 2 heterocycles. The number of rotatable bonds is 8. The minimum absolute atomic E-state index is 0.111. The highest BCUT2D eigenvalue weighted by molar-refractivity contribution is 5.79. The highest BCUT2D eigenvalue weighted by Crippen LogP contribution is 2.23. The molecule has 0 spiro atoms. The van der Waals surface area contributed by atoms with Crippen LogP contribution in [0.25, 0.3) is 0 Å². The van der Waals surface area contributed by atoms with Crippen LogP contribution in [0.15, 0.2) is 23.2 Å². The van der Waals surface area contributed by atoms with Crippen molar-refractivity contribution in [3.05, 3.63) is 29.3 Å². The summed E-state index contributed by atoms with van der Waals surface area (Å²) in [6, 6.07) is 6.41. The Hall–Kier alpha value is -1.79. The topological polar surface area (TPSA) is 58.1 Å². The minimum Gasteiger partial charge on any atom is -0.493 e. The molecule has 0 aromatic heterocycles. The Morgan fingerprint density at radius 3 is 2.73 bits per heavy atom. The molecule has 1 aromatic carbocycles. The van der Waals surface area contributed by atoms with Gasteiger partial charge in [-0.3, -0.25) is 9.89 Å². The van der Waals surface area contributed by atoms with Gasteiger partial charge in [0, 0.05) is 43.8 Å². The van der Waals surface area contributed by atoms with Gasteiger partial charge < -0.3 is 20.1 Å². The second kappa shape index (κ2) is 11.0. The van der Waals surface area contributed by atoms with Gasteiger partial charge in [0.25, 0.3) is 0 Å². The summed E-state index contributed by atoms with van der Waals surface area (Å²) in [5, 5.41) is 6.99.